The summed E-state index contributed by atoms with van der Waals surface area (Å²) >= 11 is 0. The van der Waals surface area contributed by atoms with Crippen LogP contribution < -0.4 is 21.7 Å². The monoisotopic (exact) mass is 398 g/mol. The molecule has 0 aliphatic carbocycles. The van der Waals surface area contributed by atoms with Crippen LogP contribution in [-0.4, -0.2) is 74.5 Å². The summed E-state index contributed by atoms with van der Waals surface area (Å²) in [6, 6.07) is -4.01. The Balaban J connectivity index is 2.92. The van der Waals surface area contributed by atoms with Gasteiger partial charge in [-0.3, -0.25) is 24.0 Å². The topological polar surface area (TPSA) is 217 Å². The number of amides is 3. The zero-order valence-corrected chi connectivity index (χ0v) is 15.0. The second-order valence-electron chi connectivity index (χ2n) is 5.83. The zero-order chi connectivity index (χ0) is 21.3. The lowest BCUT2D eigenvalue weighted by molar-refractivity contribution is -0.143. The molecule has 1 aromatic heterocycles. The number of rotatable bonds is 11. The summed E-state index contributed by atoms with van der Waals surface area (Å²) in [6.45, 7) is 0.796. The standard InChI is InChI=1S/C15H22N6O7/c1-7(15(27)28)19-13(25)10(3-12(23)24)21-14(26)9(20-11(22)4-16)2-8-5-17-6-18-8/h5-7,9-10H,2-4,16H2,1H3,(H,17,18)(H,19,25)(H,20,22)(H,21,26)(H,23,24)(H,27,28). The first kappa shape index (κ1) is 22.6. The summed E-state index contributed by atoms with van der Waals surface area (Å²) in [5, 5.41) is 24.5. The molecule has 0 radical (unpaired) electrons. The van der Waals surface area contributed by atoms with Gasteiger partial charge in [0.1, 0.15) is 18.1 Å². The molecule has 0 spiro atoms. The summed E-state index contributed by atoms with van der Waals surface area (Å²) in [5.41, 5.74) is 5.73. The number of H-pyrrole nitrogens is 1. The summed E-state index contributed by atoms with van der Waals surface area (Å²) in [4.78, 5) is 64.7. The first-order valence-electron chi connectivity index (χ1n) is 8.16. The third kappa shape index (κ3) is 7.41. The number of aromatic nitrogens is 2. The molecule has 13 heteroatoms. The van der Waals surface area contributed by atoms with E-state index >= 15 is 0 Å². The Morgan fingerprint density at radius 3 is 2.25 bits per heavy atom. The number of hydrogen-bond donors (Lipinski definition) is 7. The smallest absolute Gasteiger partial charge is 0.325 e. The van der Waals surface area contributed by atoms with Gasteiger partial charge in [0.25, 0.3) is 0 Å². The number of nitrogens with one attached hydrogen (secondary N) is 4. The minimum atomic E-state index is -1.55. The highest BCUT2D eigenvalue weighted by Crippen LogP contribution is 2.02. The molecule has 28 heavy (non-hydrogen) atoms. The summed E-state index contributed by atoms with van der Waals surface area (Å²) in [5.74, 6) is -5.20. The molecular weight excluding hydrogens is 376 g/mol. The number of nitrogens with zero attached hydrogens (tertiary/aromatic N) is 1. The predicted octanol–water partition coefficient (Wildman–Crippen LogP) is -3.06. The Morgan fingerprint density at radius 2 is 1.75 bits per heavy atom. The number of nitrogens with two attached hydrogens (primary N) is 1. The van der Waals surface area contributed by atoms with Crippen molar-refractivity contribution in [3.8, 4) is 0 Å². The molecule has 8 N–H and O–H groups in total. The normalized spacial score (nSPS) is 13.6. The van der Waals surface area contributed by atoms with E-state index in [-0.39, 0.29) is 13.0 Å². The quantitative estimate of drug-likeness (QED) is 0.201. The third-order valence-corrected chi connectivity index (χ3v) is 3.56. The van der Waals surface area contributed by atoms with E-state index in [9.17, 15) is 24.0 Å². The van der Waals surface area contributed by atoms with Crippen molar-refractivity contribution in [2.24, 2.45) is 5.73 Å². The number of carboxylic acids is 2. The Kier molecular flexibility index (Phi) is 8.55. The van der Waals surface area contributed by atoms with E-state index in [1.54, 1.807) is 0 Å². The molecule has 0 fully saturated rings. The van der Waals surface area contributed by atoms with Crippen molar-refractivity contribution >= 4 is 29.7 Å². The molecule has 0 aliphatic rings. The third-order valence-electron chi connectivity index (χ3n) is 3.56. The van der Waals surface area contributed by atoms with Crippen LogP contribution in [0, 0.1) is 0 Å². The van der Waals surface area contributed by atoms with Gasteiger partial charge < -0.3 is 36.9 Å². The summed E-state index contributed by atoms with van der Waals surface area (Å²) < 4.78 is 0. The maximum Gasteiger partial charge on any atom is 0.325 e. The van der Waals surface area contributed by atoms with Crippen LogP contribution in [0.1, 0.15) is 19.0 Å². The fraction of sp³-hybridized carbons (Fsp3) is 0.467. The van der Waals surface area contributed by atoms with Gasteiger partial charge in [-0.1, -0.05) is 0 Å². The lowest BCUT2D eigenvalue weighted by atomic mass is 10.1. The van der Waals surface area contributed by atoms with Gasteiger partial charge >= 0.3 is 11.9 Å². The van der Waals surface area contributed by atoms with E-state index in [0.29, 0.717) is 5.69 Å². The van der Waals surface area contributed by atoms with Crippen molar-refractivity contribution in [2.45, 2.75) is 37.9 Å². The molecular formula is C15H22N6O7. The van der Waals surface area contributed by atoms with Crippen molar-refractivity contribution in [1.82, 2.24) is 25.9 Å². The Labute approximate surface area is 159 Å². The van der Waals surface area contributed by atoms with Crippen LogP contribution in [0.25, 0.3) is 0 Å². The first-order valence-corrected chi connectivity index (χ1v) is 8.16. The van der Waals surface area contributed by atoms with Crippen LogP contribution in [0.2, 0.25) is 0 Å². The molecule has 1 heterocycles. The highest BCUT2D eigenvalue weighted by Gasteiger charge is 2.30. The zero-order valence-electron chi connectivity index (χ0n) is 15.0. The summed E-state index contributed by atoms with van der Waals surface area (Å²) in [7, 11) is 0. The molecule has 3 amide bonds. The van der Waals surface area contributed by atoms with Crippen molar-refractivity contribution in [1.29, 1.82) is 0 Å². The average Bonchev–Trinajstić information content (AvgIpc) is 3.12. The van der Waals surface area contributed by atoms with Gasteiger partial charge in [0.2, 0.25) is 17.7 Å². The van der Waals surface area contributed by atoms with Crippen molar-refractivity contribution in [3.05, 3.63) is 18.2 Å². The average molecular weight is 398 g/mol. The van der Waals surface area contributed by atoms with Crippen LogP contribution >= 0.6 is 0 Å². The van der Waals surface area contributed by atoms with E-state index < -0.39 is 54.2 Å². The molecule has 13 nitrogen and oxygen atoms in total. The highest BCUT2D eigenvalue weighted by molar-refractivity contribution is 5.95. The fourth-order valence-electron chi connectivity index (χ4n) is 2.11. The number of imidazole rings is 1. The molecule has 1 rings (SSSR count). The molecule has 0 aliphatic heterocycles. The van der Waals surface area contributed by atoms with Crippen LogP contribution in [0.5, 0.6) is 0 Å². The van der Waals surface area contributed by atoms with Gasteiger partial charge in [0, 0.05) is 18.3 Å². The van der Waals surface area contributed by atoms with Crippen molar-refractivity contribution in [3.63, 3.8) is 0 Å². The van der Waals surface area contributed by atoms with Crippen LogP contribution in [0.15, 0.2) is 12.5 Å². The molecule has 1 aromatic rings. The second kappa shape index (κ2) is 10.6. The van der Waals surface area contributed by atoms with Gasteiger partial charge in [-0.15, -0.1) is 0 Å². The van der Waals surface area contributed by atoms with Crippen molar-refractivity contribution < 1.29 is 34.2 Å². The number of carbonyl (C=O) groups excluding carboxylic acids is 3. The molecule has 3 unspecified atom stereocenters. The van der Waals surface area contributed by atoms with Gasteiger partial charge in [-0.25, -0.2) is 4.98 Å². The lowest BCUT2D eigenvalue weighted by Gasteiger charge is -2.22. The molecule has 3 atom stereocenters. The van der Waals surface area contributed by atoms with Gasteiger partial charge in [-0.2, -0.15) is 0 Å². The van der Waals surface area contributed by atoms with E-state index in [4.69, 9.17) is 15.9 Å². The van der Waals surface area contributed by atoms with E-state index in [1.165, 1.54) is 19.4 Å². The van der Waals surface area contributed by atoms with Crippen LogP contribution in [0.4, 0.5) is 0 Å². The maximum atomic E-state index is 12.5. The second-order valence-corrected chi connectivity index (χ2v) is 5.83. The summed E-state index contributed by atoms with van der Waals surface area (Å²) in [6.07, 6.45) is 1.98. The molecule has 0 aromatic carbocycles. The molecule has 0 saturated carbocycles. The number of carbonyl (C=O) groups is 5. The molecule has 0 bridgehead atoms. The first-order chi connectivity index (χ1) is 13.1. The highest BCUT2D eigenvalue weighted by atomic mass is 16.4. The molecule has 154 valence electrons. The number of aromatic amines is 1. The minimum Gasteiger partial charge on any atom is -0.481 e. The van der Waals surface area contributed by atoms with Crippen molar-refractivity contribution in [2.75, 3.05) is 6.54 Å². The fourth-order valence-corrected chi connectivity index (χ4v) is 2.11. The molecule has 0 saturated heterocycles. The Morgan fingerprint density at radius 1 is 1.11 bits per heavy atom. The van der Waals surface area contributed by atoms with E-state index in [1.807, 2.05) is 0 Å². The van der Waals surface area contributed by atoms with Gasteiger partial charge in [0.15, 0.2) is 0 Å². The predicted molar refractivity (Wildman–Crippen MR) is 92.7 cm³/mol. The van der Waals surface area contributed by atoms with E-state index in [2.05, 4.69) is 25.9 Å². The van der Waals surface area contributed by atoms with E-state index in [0.717, 1.165) is 0 Å². The lowest BCUT2D eigenvalue weighted by Crippen LogP contribution is -2.56. The SMILES string of the molecule is CC(NC(=O)C(CC(=O)O)NC(=O)C(Cc1cnc[nH]1)NC(=O)CN)C(=O)O. The van der Waals surface area contributed by atoms with Crippen LogP contribution in [-0.2, 0) is 30.4 Å². The maximum absolute atomic E-state index is 12.5. The minimum absolute atomic E-state index is 0.0233. The number of carboxylic acid groups (broad SMARTS) is 2. The van der Waals surface area contributed by atoms with Gasteiger partial charge in [0.05, 0.1) is 19.3 Å². The Bertz CT molecular complexity index is 720. The van der Waals surface area contributed by atoms with Crippen LogP contribution in [0.3, 0.4) is 0 Å². The Hall–Kier alpha value is -3.48. The number of hydrogen-bond acceptors (Lipinski definition) is 7. The number of aliphatic carboxylic acids is 2. The van der Waals surface area contributed by atoms with Gasteiger partial charge in [-0.05, 0) is 6.92 Å². The largest absolute Gasteiger partial charge is 0.481 e.